The highest BCUT2D eigenvalue weighted by Crippen LogP contribution is 2.23. The van der Waals surface area contributed by atoms with Crippen LogP contribution in [0.4, 0.5) is 4.39 Å². The second-order valence-electron chi connectivity index (χ2n) is 5.22. The summed E-state index contributed by atoms with van der Waals surface area (Å²) >= 11 is 0. The number of rotatable bonds is 4. The lowest BCUT2D eigenvalue weighted by Crippen LogP contribution is -2.39. The number of hydrogen-bond acceptors (Lipinski definition) is 2. The molecule has 1 fully saturated rings. The standard InChI is InChI=1S/C15H19FN2O2/c16-13-4-2-1-3-12(13)15(20)18-9-7-11(8-10-18)5-6-14(17)19/h1-4,11H,5-10H2,(H2,17,19). The lowest BCUT2D eigenvalue weighted by molar-refractivity contribution is -0.118. The van der Waals surface area contributed by atoms with Gasteiger partial charge in [-0.3, -0.25) is 9.59 Å². The smallest absolute Gasteiger partial charge is 0.256 e. The fraction of sp³-hybridized carbons (Fsp3) is 0.467. The topological polar surface area (TPSA) is 63.4 Å². The molecule has 0 spiro atoms. The van der Waals surface area contributed by atoms with Crippen LogP contribution in [-0.2, 0) is 4.79 Å². The molecule has 0 unspecified atom stereocenters. The molecule has 1 aromatic carbocycles. The van der Waals surface area contributed by atoms with Crippen LogP contribution in [0.15, 0.2) is 24.3 Å². The van der Waals surface area contributed by atoms with Gasteiger partial charge in [0.15, 0.2) is 0 Å². The van der Waals surface area contributed by atoms with Crippen LogP contribution in [0.25, 0.3) is 0 Å². The van der Waals surface area contributed by atoms with Crippen molar-refractivity contribution >= 4 is 11.8 Å². The number of piperidine rings is 1. The number of carbonyl (C=O) groups excluding carboxylic acids is 2. The van der Waals surface area contributed by atoms with Gasteiger partial charge in [0.1, 0.15) is 5.82 Å². The molecule has 1 aromatic rings. The summed E-state index contributed by atoms with van der Waals surface area (Å²) in [5, 5.41) is 0. The van der Waals surface area contributed by atoms with Crippen LogP contribution >= 0.6 is 0 Å². The number of carbonyl (C=O) groups is 2. The predicted molar refractivity (Wildman–Crippen MR) is 73.5 cm³/mol. The van der Waals surface area contributed by atoms with E-state index in [1.54, 1.807) is 17.0 Å². The summed E-state index contributed by atoms with van der Waals surface area (Å²) in [5.74, 6) is -0.591. The average Bonchev–Trinajstić information content (AvgIpc) is 2.45. The molecular formula is C15H19FN2O2. The van der Waals surface area contributed by atoms with Gasteiger partial charge < -0.3 is 10.6 Å². The number of hydrogen-bond donors (Lipinski definition) is 1. The third-order valence-corrected chi connectivity index (χ3v) is 3.80. The third-order valence-electron chi connectivity index (χ3n) is 3.80. The molecule has 0 atom stereocenters. The van der Waals surface area contributed by atoms with E-state index in [1.807, 2.05) is 0 Å². The fourth-order valence-electron chi connectivity index (χ4n) is 2.58. The van der Waals surface area contributed by atoms with Crippen LogP contribution in [0, 0.1) is 11.7 Å². The molecule has 2 amide bonds. The first-order valence-corrected chi connectivity index (χ1v) is 6.90. The highest BCUT2D eigenvalue weighted by Gasteiger charge is 2.25. The van der Waals surface area contributed by atoms with Crippen molar-refractivity contribution in [2.75, 3.05) is 13.1 Å². The zero-order valence-electron chi connectivity index (χ0n) is 11.3. The normalized spacial score (nSPS) is 16.1. The third kappa shape index (κ3) is 3.56. The molecule has 0 bridgehead atoms. The van der Waals surface area contributed by atoms with Gasteiger partial charge in [0.2, 0.25) is 5.91 Å². The summed E-state index contributed by atoms with van der Waals surface area (Å²) in [6.07, 6.45) is 2.85. The fourth-order valence-corrected chi connectivity index (χ4v) is 2.58. The summed E-state index contributed by atoms with van der Waals surface area (Å²) < 4.78 is 13.6. The van der Waals surface area contributed by atoms with E-state index in [2.05, 4.69) is 0 Å². The number of benzene rings is 1. The molecule has 5 heteroatoms. The summed E-state index contributed by atoms with van der Waals surface area (Å²) in [5.41, 5.74) is 5.26. The Morgan fingerprint density at radius 2 is 1.90 bits per heavy atom. The van der Waals surface area contributed by atoms with Gasteiger partial charge in [0, 0.05) is 19.5 Å². The minimum Gasteiger partial charge on any atom is -0.370 e. The Balaban J connectivity index is 1.89. The first-order valence-electron chi connectivity index (χ1n) is 6.90. The second-order valence-corrected chi connectivity index (χ2v) is 5.22. The molecule has 0 aromatic heterocycles. The summed E-state index contributed by atoms with van der Waals surface area (Å²) in [4.78, 5) is 24.6. The highest BCUT2D eigenvalue weighted by atomic mass is 19.1. The molecule has 0 saturated carbocycles. The van der Waals surface area contributed by atoms with E-state index in [1.165, 1.54) is 12.1 Å². The van der Waals surface area contributed by atoms with E-state index in [9.17, 15) is 14.0 Å². The molecule has 0 aliphatic carbocycles. The van der Waals surface area contributed by atoms with Crippen molar-refractivity contribution in [3.05, 3.63) is 35.6 Å². The summed E-state index contributed by atoms with van der Waals surface area (Å²) in [6, 6.07) is 6.04. The number of nitrogens with zero attached hydrogens (tertiary/aromatic N) is 1. The van der Waals surface area contributed by atoms with E-state index >= 15 is 0 Å². The first-order chi connectivity index (χ1) is 9.58. The summed E-state index contributed by atoms with van der Waals surface area (Å²) in [7, 11) is 0. The van der Waals surface area contributed by atoms with Gasteiger partial charge in [-0.25, -0.2) is 4.39 Å². The molecule has 1 aliphatic rings. The Bertz CT molecular complexity index is 496. The molecule has 20 heavy (non-hydrogen) atoms. The van der Waals surface area contributed by atoms with E-state index in [-0.39, 0.29) is 17.4 Å². The van der Waals surface area contributed by atoms with Gasteiger partial charge in [-0.1, -0.05) is 12.1 Å². The van der Waals surface area contributed by atoms with Crippen LogP contribution in [0.2, 0.25) is 0 Å². The zero-order chi connectivity index (χ0) is 14.5. The lowest BCUT2D eigenvalue weighted by atomic mass is 9.92. The number of nitrogens with two attached hydrogens (primary N) is 1. The average molecular weight is 278 g/mol. The number of primary amides is 1. The maximum atomic E-state index is 13.6. The highest BCUT2D eigenvalue weighted by molar-refractivity contribution is 5.94. The Morgan fingerprint density at radius 1 is 1.25 bits per heavy atom. The molecule has 0 radical (unpaired) electrons. The first kappa shape index (κ1) is 14.5. The second kappa shape index (κ2) is 6.50. The van der Waals surface area contributed by atoms with Crippen molar-refractivity contribution in [3.8, 4) is 0 Å². The van der Waals surface area contributed by atoms with Gasteiger partial charge in [0.25, 0.3) is 5.91 Å². The molecule has 4 nitrogen and oxygen atoms in total. The number of halogens is 1. The van der Waals surface area contributed by atoms with E-state index in [4.69, 9.17) is 5.73 Å². The van der Waals surface area contributed by atoms with E-state index < -0.39 is 5.82 Å². The maximum Gasteiger partial charge on any atom is 0.256 e. The summed E-state index contributed by atoms with van der Waals surface area (Å²) in [6.45, 7) is 1.22. The van der Waals surface area contributed by atoms with Gasteiger partial charge in [-0.15, -0.1) is 0 Å². The Kier molecular flexibility index (Phi) is 4.71. The Labute approximate surface area is 117 Å². The largest absolute Gasteiger partial charge is 0.370 e. The Hall–Kier alpha value is -1.91. The molecule has 2 rings (SSSR count). The van der Waals surface area contributed by atoms with Crippen LogP contribution in [0.5, 0.6) is 0 Å². The van der Waals surface area contributed by atoms with Crippen molar-refractivity contribution in [3.63, 3.8) is 0 Å². The Morgan fingerprint density at radius 3 is 2.50 bits per heavy atom. The van der Waals surface area contributed by atoms with Gasteiger partial charge in [-0.05, 0) is 37.3 Å². The van der Waals surface area contributed by atoms with Crippen molar-refractivity contribution in [2.24, 2.45) is 11.7 Å². The van der Waals surface area contributed by atoms with Crippen molar-refractivity contribution in [2.45, 2.75) is 25.7 Å². The van der Waals surface area contributed by atoms with Gasteiger partial charge >= 0.3 is 0 Å². The maximum absolute atomic E-state index is 13.6. The zero-order valence-corrected chi connectivity index (χ0v) is 11.3. The molecule has 1 heterocycles. The number of amides is 2. The molecule has 1 aliphatic heterocycles. The predicted octanol–water partition coefficient (Wildman–Crippen LogP) is 1.94. The van der Waals surface area contributed by atoms with Crippen molar-refractivity contribution in [1.29, 1.82) is 0 Å². The van der Waals surface area contributed by atoms with Crippen LogP contribution in [0.3, 0.4) is 0 Å². The minimum absolute atomic E-state index is 0.128. The SMILES string of the molecule is NC(=O)CCC1CCN(C(=O)c2ccccc2F)CC1. The molecule has 2 N–H and O–H groups in total. The lowest BCUT2D eigenvalue weighted by Gasteiger charge is -2.32. The molecule has 1 saturated heterocycles. The monoisotopic (exact) mass is 278 g/mol. The van der Waals surface area contributed by atoms with Crippen LogP contribution in [0.1, 0.15) is 36.0 Å². The van der Waals surface area contributed by atoms with Gasteiger partial charge in [0.05, 0.1) is 5.56 Å². The number of likely N-dealkylation sites (tertiary alicyclic amines) is 1. The van der Waals surface area contributed by atoms with Gasteiger partial charge in [-0.2, -0.15) is 0 Å². The van der Waals surface area contributed by atoms with E-state index in [0.29, 0.717) is 25.4 Å². The molecule has 108 valence electrons. The minimum atomic E-state index is -0.478. The van der Waals surface area contributed by atoms with Crippen molar-refractivity contribution in [1.82, 2.24) is 4.90 Å². The van der Waals surface area contributed by atoms with Crippen molar-refractivity contribution < 1.29 is 14.0 Å². The molecular weight excluding hydrogens is 259 g/mol. The quantitative estimate of drug-likeness (QED) is 0.914. The van der Waals surface area contributed by atoms with E-state index in [0.717, 1.165) is 19.3 Å². The van der Waals surface area contributed by atoms with Crippen LogP contribution in [-0.4, -0.2) is 29.8 Å². The van der Waals surface area contributed by atoms with Crippen LogP contribution < -0.4 is 5.73 Å².